The molecule has 140 valence electrons. The van der Waals surface area contributed by atoms with Crippen LogP contribution in [0.4, 0.5) is 11.4 Å². The zero-order valence-corrected chi connectivity index (χ0v) is 14.4. The molecule has 0 radical (unpaired) electrons. The summed E-state index contributed by atoms with van der Waals surface area (Å²) in [6.45, 7) is 0.540. The average molecular weight is 371 g/mol. The molecule has 9 heteroatoms. The summed E-state index contributed by atoms with van der Waals surface area (Å²) < 4.78 is 0. The number of nitro groups is 2. The van der Waals surface area contributed by atoms with Gasteiger partial charge in [-0.05, 0) is 18.6 Å². The predicted octanol–water partition coefficient (Wildman–Crippen LogP) is 2.80. The Hall–Kier alpha value is -3.62. The normalized spacial score (nSPS) is 12.6. The van der Waals surface area contributed by atoms with Crippen LogP contribution in [-0.2, 0) is 9.59 Å². The number of carbonyl (C=O) groups is 2. The van der Waals surface area contributed by atoms with E-state index in [2.05, 4.69) is 5.32 Å². The third-order valence-electron chi connectivity index (χ3n) is 4.05. The zero-order valence-electron chi connectivity index (χ0n) is 14.4. The zero-order chi connectivity index (χ0) is 20.0. The van der Waals surface area contributed by atoms with Gasteiger partial charge in [0.1, 0.15) is 17.4 Å². The van der Waals surface area contributed by atoms with E-state index in [0.717, 1.165) is 0 Å². The number of hydrogen-bond acceptors (Lipinski definition) is 6. The van der Waals surface area contributed by atoms with Gasteiger partial charge in [0, 0.05) is 11.0 Å². The molecule has 2 aromatic rings. The largest absolute Gasteiger partial charge is 0.320 e. The fourth-order valence-corrected chi connectivity index (χ4v) is 2.86. The van der Waals surface area contributed by atoms with Crippen LogP contribution in [0.2, 0.25) is 0 Å². The summed E-state index contributed by atoms with van der Waals surface area (Å²) in [7, 11) is 0. The second-order valence-corrected chi connectivity index (χ2v) is 5.88. The van der Waals surface area contributed by atoms with E-state index in [-0.39, 0.29) is 11.4 Å². The van der Waals surface area contributed by atoms with E-state index in [1.54, 1.807) is 30.3 Å². The molecule has 0 heterocycles. The van der Waals surface area contributed by atoms with Gasteiger partial charge in [0.2, 0.25) is 12.5 Å². The number of carbonyl (C=O) groups excluding carboxylic acids is 2. The molecule has 0 saturated heterocycles. The molecule has 0 aliphatic heterocycles. The fourth-order valence-electron chi connectivity index (χ4n) is 2.86. The van der Waals surface area contributed by atoms with Crippen LogP contribution in [0.15, 0.2) is 54.6 Å². The average Bonchev–Trinajstić information content (AvgIpc) is 2.61. The number of nitro benzene ring substituents is 1. The highest BCUT2D eigenvalue weighted by Crippen LogP contribution is 2.29. The van der Waals surface area contributed by atoms with Gasteiger partial charge in [-0.3, -0.25) is 29.8 Å². The Morgan fingerprint density at radius 2 is 1.59 bits per heavy atom. The Kier molecular flexibility index (Phi) is 6.32. The van der Waals surface area contributed by atoms with Gasteiger partial charge in [0.25, 0.3) is 5.69 Å². The molecule has 2 aromatic carbocycles. The first-order valence-electron chi connectivity index (χ1n) is 8.02. The van der Waals surface area contributed by atoms with Crippen molar-refractivity contribution in [1.82, 2.24) is 0 Å². The first-order chi connectivity index (χ1) is 12.8. The van der Waals surface area contributed by atoms with Crippen LogP contribution in [0.25, 0.3) is 0 Å². The summed E-state index contributed by atoms with van der Waals surface area (Å²) in [6.07, 6.45) is 0. The van der Waals surface area contributed by atoms with E-state index in [4.69, 9.17) is 0 Å². The highest BCUT2D eigenvalue weighted by atomic mass is 16.6. The molecule has 27 heavy (non-hydrogen) atoms. The first-order valence-corrected chi connectivity index (χ1v) is 8.02. The van der Waals surface area contributed by atoms with Crippen LogP contribution in [0.5, 0.6) is 0 Å². The van der Waals surface area contributed by atoms with Gasteiger partial charge < -0.3 is 5.32 Å². The summed E-state index contributed by atoms with van der Waals surface area (Å²) in [5.74, 6) is -3.76. The van der Waals surface area contributed by atoms with Crippen molar-refractivity contribution >= 4 is 23.1 Å². The van der Waals surface area contributed by atoms with E-state index in [1.807, 2.05) is 0 Å². The smallest absolute Gasteiger partial charge is 0.292 e. The molecule has 9 nitrogen and oxygen atoms in total. The quantitative estimate of drug-likeness (QED) is 0.431. The van der Waals surface area contributed by atoms with Crippen molar-refractivity contribution < 1.29 is 19.4 Å². The first kappa shape index (κ1) is 19.7. The van der Waals surface area contributed by atoms with Crippen molar-refractivity contribution in [3.8, 4) is 0 Å². The number of nitrogens with one attached hydrogen (secondary N) is 1. The lowest BCUT2D eigenvalue weighted by Crippen LogP contribution is -2.36. The minimum absolute atomic E-state index is 0.0772. The van der Waals surface area contributed by atoms with Gasteiger partial charge >= 0.3 is 0 Å². The second-order valence-electron chi connectivity index (χ2n) is 5.88. The molecule has 0 bridgehead atoms. The van der Waals surface area contributed by atoms with E-state index in [9.17, 15) is 29.8 Å². The SMILES string of the molecule is CC(=O)C(C(=O)Nc1ccccc1[N+](=O)[O-])C(C[N+](=O)[O-])c1ccccc1. The highest BCUT2D eigenvalue weighted by molar-refractivity contribution is 6.08. The molecule has 0 saturated carbocycles. The molecule has 2 atom stereocenters. The summed E-state index contributed by atoms with van der Waals surface area (Å²) in [6, 6.07) is 13.7. The maximum Gasteiger partial charge on any atom is 0.292 e. The molecule has 2 rings (SSSR count). The van der Waals surface area contributed by atoms with Crippen molar-refractivity contribution in [2.75, 3.05) is 11.9 Å². The Balaban J connectivity index is 2.39. The molecule has 1 amide bonds. The third kappa shape index (κ3) is 4.94. The minimum atomic E-state index is -1.36. The maximum atomic E-state index is 12.7. The number of amides is 1. The van der Waals surface area contributed by atoms with Crippen molar-refractivity contribution in [2.45, 2.75) is 12.8 Å². The monoisotopic (exact) mass is 371 g/mol. The number of Topliss-reactive ketones (excluding diaryl/α,β-unsaturated/α-hetero) is 1. The fraction of sp³-hybridized carbons (Fsp3) is 0.222. The van der Waals surface area contributed by atoms with E-state index in [0.29, 0.717) is 5.56 Å². The van der Waals surface area contributed by atoms with Crippen LogP contribution >= 0.6 is 0 Å². The number of para-hydroxylation sites is 2. The minimum Gasteiger partial charge on any atom is -0.320 e. The number of nitrogens with zero attached hydrogens (tertiary/aromatic N) is 2. The standard InChI is InChI=1S/C18H17N3O6/c1-12(22)17(14(11-20(24)25)13-7-3-2-4-8-13)18(23)19-15-9-5-6-10-16(15)21(26)27/h2-10,14,17H,11H2,1H3,(H,19,23). The summed E-state index contributed by atoms with van der Waals surface area (Å²) >= 11 is 0. The van der Waals surface area contributed by atoms with Crippen LogP contribution < -0.4 is 5.32 Å². The summed E-state index contributed by atoms with van der Waals surface area (Å²) in [4.78, 5) is 45.9. The maximum absolute atomic E-state index is 12.7. The Morgan fingerprint density at radius 1 is 1.00 bits per heavy atom. The van der Waals surface area contributed by atoms with E-state index < -0.39 is 39.9 Å². The lowest BCUT2D eigenvalue weighted by molar-refractivity contribution is -0.484. The lowest BCUT2D eigenvalue weighted by atomic mass is 9.83. The van der Waals surface area contributed by atoms with Crippen molar-refractivity contribution in [1.29, 1.82) is 0 Å². The van der Waals surface area contributed by atoms with Crippen molar-refractivity contribution in [3.63, 3.8) is 0 Å². The number of anilines is 1. The molecule has 0 aliphatic rings. The highest BCUT2D eigenvalue weighted by Gasteiger charge is 2.37. The molecule has 2 unspecified atom stereocenters. The van der Waals surface area contributed by atoms with Gasteiger partial charge in [-0.1, -0.05) is 42.5 Å². The Bertz CT molecular complexity index is 868. The van der Waals surface area contributed by atoms with E-state index in [1.165, 1.54) is 31.2 Å². The molecule has 1 N–H and O–H groups in total. The Labute approximate surface area is 154 Å². The molecule has 0 fully saturated rings. The topological polar surface area (TPSA) is 132 Å². The van der Waals surface area contributed by atoms with Gasteiger partial charge in [-0.2, -0.15) is 0 Å². The molecule has 0 aliphatic carbocycles. The van der Waals surface area contributed by atoms with E-state index >= 15 is 0 Å². The summed E-state index contributed by atoms with van der Waals surface area (Å²) in [5, 5.41) is 24.6. The van der Waals surface area contributed by atoms with Crippen LogP contribution in [0.1, 0.15) is 18.4 Å². The lowest BCUT2D eigenvalue weighted by Gasteiger charge is -2.22. The number of rotatable bonds is 8. The van der Waals surface area contributed by atoms with Crippen molar-refractivity contribution in [3.05, 3.63) is 80.4 Å². The van der Waals surface area contributed by atoms with Gasteiger partial charge in [-0.15, -0.1) is 0 Å². The summed E-state index contributed by atoms with van der Waals surface area (Å²) in [5.41, 5.74) is 0.0532. The molecular formula is C18H17N3O6. The second kappa shape index (κ2) is 8.65. The molecular weight excluding hydrogens is 354 g/mol. The van der Waals surface area contributed by atoms with Crippen LogP contribution in [-0.4, -0.2) is 28.1 Å². The number of hydrogen-bond donors (Lipinski definition) is 1. The van der Waals surface area contributed by atoms with Crippen LogP contribution in [0, 0.1) is 26.1 Å². The van der Waals surface area contributed by atoms with Crippen LogP contribution in [0.3, 0.4) is 0 Å². The predicted molar refractivity (Wildman–Crippen MR) is 96.9 cm³/mol. The molecule has 0 spiro atoms. The van der Waals surface area contributed by atoms with Gasteiger partial charge in [-0.25, -0.2) is 0 Å². The molecule has 0 aromatic heterocycles. The third-order valence-corrected chi connectivity index (χ3v) is 4.05. The Morgan fingerprint density at radius 3 is 2.15 bits per heavy atom. The van der Waals surface area contributed by atoms with Gasteiger partial charge in [0.05, 0.1) is 10.8 Å². The van der Waals surface area contributed by atoms with Gasteiger partial charge in [0.15, 0.2) is 0 Å². The van der Waals surface area contributed by atoms with Crippen molar-refractivity contribution in [2.24, 2.45) is 5.92 Å². The number of ketones is 1. The number of benzene rings is 2.